The third-order valence-corrected chi connectivity index (χ3v) is 6.87. The molecular formula is C24H31ClF4N2O6. The van der Waals surface area contributed by atoms with E-state index in [0.717, 1.165) is 18.9 Å². The minimum absolute atomic E-state index is 0.0630. The van der Waals surface area contributed by atoms with E-state index in [1.54, 1.807) is 0 Å². The van der Waals surface area contributed by atoms with Gasteiger partial charge < -0.3 is 25.2 Å². The SMILES string of the molecule is O=C(COC1CC(OC(F)(F)F)C1)NCCCC1(NC(=O)COc2ccc(Cl)c(F)c2)CCCC[C@@H]1O. The molecule has 0 heterocycles. The lowest BCUT2D eigenvalue weighted by Crippen LogP contribution is -2.59. The van der Waals surface area contributed by atoms with Gasteiger partial charge in [0.25, 0.3) is 5.91 Å². The predicted octanol–water partition coefficient (Wildman–Crippen LogP) is 3.63. The van der Waals surface area contributed by atoms with E-state index in [0.29, 0.717) is 25.7 Å². The average molecular weight is 555 g/mol. The Morgan fingerprint density at radius 3 is 2.57 bits per heavy atom. The van der Waals surface area contributed by atoms with E-state index in [9.17, 15) is 32.3 Å². The molecule has 8 nitrogen and oxygen atoms in total. The molecule has 2 saturated carbocycles. The molecule has 1 aromatic carbocycles. The summed E-state index contributed by atoms with van der Waals surface area (Å²) >= 11 is 5.64. The van der Waals surface area contributed by atoms with Crippen LogP contribution in [0.5, 0.6) is 5.75 Å². The van der Waals surface area contributed by atoms with Crippen molar-refractivity contribution in [1.29, 1.82) is 0 Å². The molecule has 2 amide bonds. The normalized spacial score (nSPS) is 25.7. The lowest BCUT2D eigenvalue weighted by atomic mass is 9.76. The number of carbonyl (C=O) groups is 2. The number of ether oxygens (including phenoxy) is 3. The maximum Gasteiger partial charge on any atom is 0.522 e. The van der Waals surface area contributed by atoms with E-state index in [1.807, 2.05) is 0 Å². The number of aliphatic hydroxyl groups is 1. The molecule has 0 aliphatic heterocycles. The van der Waals surface area contributed by atoms with Crippen LogP contribution < -0.4 is 15.4 Å². The molecule has 0 saturated heterocycles. The zero-order chi connectivity index (χ0) is 27.1. The highest BCUT2D eigenvalue weighted by atomic mass is 35.5. The van der Waals surface area contributed by atoms with Crippen LogP contribution in [0.4, 0.5) is 17.6 Å². The van der Waals surface area contributed by atoms with Gasteiger partial charge in [0.1, 0.15) is 18.2 Å². The van der Waals surface area contributed by atoms with E-state index in [4.69, 9.17) is 21.1 Å². The fourth-order valence-electron chi connectivity index (χ4n) is 4.57. The fourth-order valence-corrected chi connectivity index (χ4v) is 4.68. The van der Waals surface area contributed by atoms with Gasteiger partial charge in [0.05, 0.1) is 28.9 Å². The van der Waals surface area contributed by atoms with Crippen molar-refractivity contribution in [2.75, 3.05) is 19.8 Å². The van der Waals surface area contributed by atoms with Crippen molar-refractivity contribution in [3.8, 4) is 5.75 Å². The molecule has 208 valence electrons. The van der Waals surface area contributed by atoms with Crippen LogP contribution in [0.25, 0.3) is 0 Å². The van der Waals surface area contributed by atoms with Crippen LogP contribution >= 0.6 is 11.6 Å². The average Bonchev–Trinajstić information content (AvgIpc) is 2.80. The summed E-state index contributed by atoms with van der Waals surface area (Å²) in [7, 11) is 0. The Morgan fingerprint density at radius 1 is 1.14 bits per heavy atom. The monoisotopic (exact) mass is 554 g/mol. The van der Waals surface area contributed by atoms with Crippen LogP contribution in [0, 0.1) is 5.82 Å². The van der Waals surface area contributed by atoms with E-state index in [-0.39, 0.29) is 43.4 Å². The lowest BCUT2D eigenvalue weighted by Gasteiger charge is -2.42. The summed E-state index contributed by atoms with van der Waals surface area (Å²) in [5.41, 5.74) is -0.884. The quantitative estimate of drug-likeness (QED) is 0.269. The smallest absolute Gasteiger partial charge is 0.484 e. The largest absolute Gasteiger partial charge is 0.522 e. The van der Waals surface area contributed by atoms with Gasteiger partial charge in [-0.05, 0) is 37.8 Å². The van der Waals surface area contributed by atoms with Crippen molar-refractivity contribution < 1.29 is 46.5 Å². The molecule has 2 aliphatic carbocycles. The molecule has 3 N–H and O–H groups in total. The first-order chi connectivity index (χ1) is 17.5. The number of halogens is 5. The van der Waals surface area contributed by atoms with Gasteiger partial charge in [0.15, 0.2) is 6.61 Å². The molecule has 0 radical (unpaired) electrons. The van der Waals surface area contributed by atoms with Crippen molar-refractivity contribution in [3.05, 3.63) is 29.0 Å². The van der Waals surface area contributed by atoms with Crippen LogP contribution in [0.2, 0.25) is 5.02 Å². The second kappa shape index (κ2) is 13.1. The predicted molar refractivity (Wildman–Crippen MR) is 124 cm³/mol. The lowest BCUT2D eigenvalue weighted by molar-refractivity contribution is -0.357. The maximum atomic E-state index is 13.6. The zero-order valence-electron chi connectivity index (χ0n) is 20.1. The Labute approximate surface area is 217 Å². The summed E-state index contributed by atoms with van der Waals surface area (Å²) in [6.45, 7) is -0.395. The van der Waals surface area contributed by atoms with Gasteiger partial charge in [-0.2, -0.15) is 0 Å². The van der Waals surface area contributed by atoms with Crippen molar-refractivity contribution in [2.45, 2.75) is 81.6 Å². The molecule has 2 aliphatic rings. The summed E-state index contributed by atoms with van der Waals surface area (Å²) < 4.78 is 64.5. The minimum atomic E-state index is -4.68. The molecule has 2 atom stereocenters. The third-order valence-electron chi connectivity index (χ3n) is 6.56. The second-order valence-electron chi connectivity index (χ2n) is 9.37. The topological polar surface area (TPSA) is 106 Å². The van der Waals surface area contributed by atoms with Gasteiger partial charge in [0.2, 0.25) is 5.91 Å². The first-order valence-electron chi connectivity index (χ1n) is 12.2. The van der Waals surface area contributed by atoms with Gasteiger partial charge >= 0.3 is 6.36 Å². The summed E-state index contributed by atoms with van der Waals surface area (Å²) in [5.74, 6) is -1.41. The minimum Gasteiger partial charge on any atom is -0.484 e. The van der Waals surface area contributed by atoms with Crippen LogP contribution in [-0.2, 0) is 19.1 Å². The highest BCUT2D eigenvalue weighted by Gasteiger charge is 2.41. The molecule has 1 aromatic rings. The number of alkyl halides is 3. The van der Waals surface area contributed by atoms with Gasteiger partial charge in [-0.1, -0.05) is 24.4 Å². The van der Waals surface area contributed by atoms with Crippen molar-refractivity contribution in [2.24, 2.45) is 0 Å². The third kappa shape index (κ3) is 9.27. The number of carbonyl (C=O) groups excluding carboxylic acids is 2. The zero-order valence-corrected chi connectivity index (χ0v) is 20.9. The maximum absolute atomic E-state index is 13.6. The molecule has 0 bridgehead atoms. The van der Waals surface area contributed by atoms with Gasteiger partial charge in [-0.25, -0.2) is 4.39 Å². The van der Waals surface area contributed by atoms with Crippen LogP contribution in [0.1, 0.15) is 51.4 Å². The van der Waals surface area contributed by atoms with Gasteiger partial charge in [-0.3, -0.25) is 14.3 Å². The summed E-state index contributed by atoms with van der Waals surface area (Å²) in [5, 5.41) is 16.2. The summed E-state index contributed by atoms with van der Waals surface area (Å²) in [4.78, 5) is 24.6. The highest BCUT2D eigenvalue weighted by Crippen LogP contribution is 2.33. The number of aliphatic hydroxyl groups excluding tert-OH is 1. The molecule has 0 aromatic heterocycles. The number of hydrogen-bond acceptors (Lipinski definition) is 6. The van der Waals surface area contributed by atoms with Crippen LogP contribution in [0.3, 0.4) is 0 Å². The number of benzene rings is 1. The van der Waals surface area contributed by atoms with Crippen molar-refractivity contribution >= 4 is 23.4 Å². The van der Waals surface area contributed by atoms with Crippen molar-refractivity contribution in [1.82, 2.24) is 10.6 Å². The van der Waals surface area contributed by atoms with E-state index in [2.05, 4.69) is 15.4 Å². The Morgan fingerprint density at radius 2 is 1.89 bits per heavy atom. The molecule has 1 unspecified atom stereocenters. The van der Waals surface area contributed by atoms with Gasteiger partial charge in [0, 0.05) is 25.5 Å². The van der Waals surface area contributed by atoms with Crippen LogP contribution in [0.15, 0.2) is 18.2 Å². The summed E-state index contributed by atoms with van der Waals surface area (Å²) in [6, 6.07) is 3.84. The second-order valence-corrected chi connectivity index (χ2v) is 9.78. The summed E-state index contributed by atoms with van der Waals surface area (Å²) in [6.07, 6.45) is -3.16. The van der Waals surface area contributed by atoms with Gasteiger partial charge in [-0.15, -0.1) is 13.2 Å². The number of amides is 2. The van der Waals surface area contributed by atoms with E-state index in [1.165, 1.54) is 12.1 Å². The van der Waals surface area contributed by atoms with Crippen LogP contribution in [-0.4, -0.2) is 66.9 Å². The molecular weight excluding hydrogens is 524 g/mol. The molecule has 2 fully saturated rings. The Balaban J connectivity index is 1.38. The Hall–Kier alpha value is -2.15. The molecule has 0 spiro atoms. The van der Waals surface area contributed by atoms with E-state index < -0.39 is 47.8 Å². The number of nitrogens with one attached hydrogen (secondary N) is 2. The highest BCUT2D eigenvalue weighted by molar-refractivity contribution is 6.30. The van der Waals surface area contributed by atoms with E-state index >= 15 is 0 Å². The first kappa shape index (κ1) is 29.4. The number of hydrogen-bond donors (Lipinski definition) is 3. The molecule has 13 heteroatoms. The molecule has 3 rings (SSSR count). The molecule has 37 heavy (non-hydrogen) atoms. The standard InChI is InChI=1S/C24H31ClF4N2O6/c25-18-6-5-15(12-19(18)26)35-14-22(34)31-23(7-2-1-4-20(23)32)8-3-9-30-21(33)13-36-16-10-17(11-16)37-24(27,28)29/h5-6,12,16-17,20,32H,1-4,7-11,13-14H2,(H,30,33)(H,31,34)/t16?,17?,20-,23?/m0/s1. The fraction of sp³-hybridized carbons (Fsp3) is 0.667. The Kier molecular flexibility index (Phi) is 10.4. The Bertz CT molecular complexity index is 931. The number of rotatable bonds is 12. The first-order valence-corrected chi connectivity index (χ1v) is 12.5. The van der Waals surface area contributed by atoms with Crippen molar-refractivity contribution in [3.63, 3.8) is 0 Å².